The first-order valence-electron chi connectivity index (χ1n) is 8.50. The Morgan fingerprint density at radius 1 is 0.900 bits per heavy atom. The van der Waals surface area contributed by atoms with E-state index in [9.17, 15) is 4.79 Å². The minimum Gasteiger partial charge on any atom is -0.464 e. The summed E-state index contributed by atoms with van der Waals surface area (Å²) in [4.78, 5) is 11.6. The third-order valence-corrected chi connectivity index (χ3v) is 3.93. The number of ether oxygens (including phenoxy) is 1. The molecule has 0 fully saturated rings. The number of rotatable bonds is 13. The van der Waals surface area contributed by atoms with E-state index in [2.05, 4.69) is 6.92 Å². The van der Waals surface area contributed by atoms with E-state index in [0.29, 0.717) is 13.0 Å². The van der Waals surface area contributed by atoms with Gasteiger partial charge in [0.05, 0.1) is 6.61 Å². The molecule has 0 saturated heterocycles. The zero-order valence-electron chi connectivity index (χ0n) is 13.9. The molecule has 1 unspecified atom stereocenters. The van der Waals surface area contributed by atoms with E-state index >= 15 is 0 Å². The number of carbonyl (C=O) groups is 1. The summed E-state index contributed by atoms with van der Waals surface area (Å²) < 4.78 is 5.21. The number of nitrogens with two attached hydrogens (primary N) is 1. The van der Waals surface area contributed by atoms with E-state index < -0.39 is 5.54 Å². The quantitative estimate of drug-likeness (QED) is 0.398. The van der Waals surface area contributed by atoms with Gasteiger partial charge >= 0.3 is 5.97 Å². The van der Waals surface area contributed by atoms with Gasteiger partial charge in [0.15, 0.2) is 0 Å². The summed E-state index contributed by atoms with van der Waals surface area (Å²) in [6, 6.07) is 0. The van der Waals surface area contributed by atoms with Gasteiger partial charge in [0.2, 0.25) is 0 Å². The first-order chi connectivity index (χ1) is 9.54. The van der Waals surface area contributed by atoms with Gasteiger partial charge in [-0.05, 0) is 19.8 Å². The molecule has 0 amide bonds. The molecule has 0 aromatic rings. The Labute approximate surface area is 125 Å². The molecular formula is C17H35NO2. The molecule has 120 valence electrons. The molecule has 0 aliphatic carbocycles. The van der Waals surface area contributed by atoms with Gasteiger partial charge in [-0.15, -0.1) is 0 Å². The molecule has 1 atom stereocenters. The van der Waals surface area contributed by atoms with E-state index in [4.69, 9.17) is 10.5 Å². The zero-order valence-corrected chi connectivity index (χ0v) is 13.9. The highest BCUT2D eigenvalue weighted by Crippen LogP contribution is 2.11. The lowest BCUT2D eigenvalue weighted by molar-refractivity contribution is -0.149. The smallest absolute Gasteiger partial charge is 0.325 e. The van der Waals surface area contributed by atoms with Crippen molar-refractivity contribution in [3.63, 3.8) is 0 Å². The summed E-state index contributed by atoms with van der Waals surface area (Å²) in [6.45, 7) is 6.40. The summed E-state index contributed by atoms with van der Waals surface area (Å²) in [7, 11) is 0. The monoisotopic (exact) mass is 285 g/mol. The van der Waals surface area contributed by atoms with Crippen LogP contribution in [0, 0.1) is 0 Å². The van der Waals surface area contributed by atoms with Crippen molar-refractivity contribution in [2.45, 2.75) is 96.9 Å². The standard InChI is InChI=1S/C17H35NO2/c1-4-6-7-8-9-10-11-12-13-14-15-20-16(19)17(3,18)5-2/h4-15,18H2,1-3H3. The molecule has 0 heterocycles. The first-order valence-corrected chi connectivity index (χ1v) is 8.50. The van der Waals surface area contributed by atoms with Gasteiger partial charge in [-0.25, -0.2) is 0 Å². The average molecular weight is 285 g/mol. The van der Waals surface area contributed by atoms with Crippen LogP contribution in [0.2, 0.25) is 0 Å². The van der Waals surface area contributed by atoms with Crippen LogP contribution < -0.4 is 5.73 Å². The molecule has 0 bridgehead atoms. The molecule has 0 aliphatic heterocycles. The van der Waals surface area contributed by atoms with Crippen LogP contribution in [0.3, 0.4) is 0 Å². The van der Waals surface area contributed by atoms with Crippen LogP contribution >= 0.6 is 0 Å². The van der Waals surface area contributed by atoms with Crippen molar-refractivity contribution < 1.29 is 9.53 Å². The fourth-order valence-electron chi connectivity index (χ4n) is 2.06. The van der Waals surface area contributed by atoms with Gasteiger partial charge < -0.3 is 10.5 Å². The molecule has 0 aliphatic rings. The van der Waals surface area contributed by atoms with Crippen molar-refractivity contribution in [1.82, 2.24) is 0 Å². The molecule has 3 nitrogen and oxygen atoms in total. The maximum absolute atomic E-state index is 11.6. The van der Waals surface area contributed by atoms with Crippen molar-refractivity contribution in [3.8, 4) is 0 Å². The van der Waals surface area contributed by atoms with Crippen LogP contribution in [0.1, 0.15) is 91.4 Å². The Hall–Kier alpha value is -0.570. The number of hydrogen-bond donors (Lipinski definition) is 1. The van der Waals surface area contributed by atoms with Gasteiger partial charge in [-0.3, -0.25) is 4.79 Å². The minimum atomic E-state index is -0.821. The molecule has 0 saturated carbocycles. The van der Waals surface area contributed by atoms with Gasteiger partial charge in [0.25, 0.3) is 0 Å². The molecule has 0 rings (SSSR count). The maximum atomic E-state index is 11.6. The van der Waals surface area contributed by atoms with Gasteiger partial charge in [0.1, 0.15) is 5.54 Å². The third-order valence-electron chi connectivity index (χ3n) is 3.93. The number of carbonyl (C=O) groups excluding carboxylic acids is 1. The number of hydrogen-bond acceptors (Lipinski definition) is 3. The summed E-state index contributed by atoms with van der Waals surface area (Å²) in [6.07, 6.45) is 13.5. The van der Waals surface area contributed by atoms with Crippen molar-refractivity contribution >= 4 is 5.97 Å². The Morgan fingerprint density at radius 3 is 1.80 bits per heavy atom. The fraction of sp³-hybridized carbons (Fsp3) is 0.941. The molecule has 0 spiro atoms. The Balaban J connectivity index is 3.27. The van der Waals surface area contributed by atoms with Crippen molar-refractivity contribution in [2.75, 3.05) is 6.61 Å². The summed E-state index contributed by atoms with van der Waals surface area (Å²) >= 11 is 0. The highest BCUT2D eigenvalue weighted by molar-refractivity contribution is 5.79. The largest absolute Gasteiger partial charge is 0.464 e. The lowest BCUT2D eigenvalue weighted by Gasteiger charge is -2.20. The van der Waals surface area contributed by atoms with Crippen LogP contribution in [0.15, 0.2) is 0 Å². The molecule has 20 heavy (non-hydrogen) atoms. The number of unbranched alkanes of at least 4 members (excludes halogenated alkanes) is 9. The topological polar surface area (TPSA) is 52.3 Å². The zero-order chi connectivity index (χ0) is 15.3. The molecule has 0 radical (unpaired) electrons. The van der Waals surface area contributed by atoms with Crippen LogP contribution in [0.25, 0.3) is 0 Å². The van der Waals surface area contributed by atoms with Crippen LogP contribution in [-0.4, -0.2) is 18.1 Å². The molecule has 2 N–H and O–H groups in total. The second-order valence-corrected chi connectivity index (χ2v) is 6.09. The lowest BCUT2D eigenvalue weighted by Crippen LogP contribution is -2.45. The molecule has 0 aromatic heterocycles. The van der Waals surface area contributed by atoms with Crippen LogP contribution in [-0.2, 0) is 9.53 Å². The minimum absolute atomic E-state index is 0.268. The molecule has 0 aromatic carbocycles. The number of esters is 1. The van der Waals surface area contributed by atoms with Gasteiger partial charge in [0, 0.05) is 0 Å². The summed E-state index contributed by atoms with van der Waals surface area (Å²) in [5, 5.41) is 0. The third kappa shape index (κ3) is 10.2. The van der Waals surface area contributed by atoms with E-state index in [1.807, 2.05) is 6.92 Å². The van der Waals surface area contributed by atoms with Gasteiger partial charge in [-0.2, -0.15) is 0 Å². The van der Waals surface area contributed by atoms with Crippen molar-refractivity contribution in [2.24, 2.45) is 5.73 Å². The second-order valence-electron chi connectivity index (χ2n) is 6.09. The SMILES string of the molecule is CCCCCCCCCCCCOC(=O)C(C)(N)CC. The van der Waals surface area contributed by atoms with E-state index in [1.54, 1.807) is 6.92 Å². The Morgan fingerprint density at radius 2 is 1.35 bits per heavy atom. The van der Waals surface area contributed by atoms with E-state index in [0.717, 1.165) is 12.8 Å². The predicted molar refractivity (Wildman–Crippen MR) is 85.7 cm³/mol. The molecule has 3 heteroatoms. The maximum Gasteiger partial charge on any atom is 0.325 e. The predicted octanol–water partition coefficient (Wildman–Crippen LogP) is 4.58. The highest BCUT2D eigenvalue weighted by Gasteiger charge is 2.27. The Bertz CT molecular complexity index is 239. The van der Waals surface area contributed by atoms with Crippen LogP contribution in [0.4, 0.5) is 0 Å². The fourth-order valence-corrected chi connectivity index (χ4v) is 2.06. The first kappa shape index (κ1) is 19.4. The summed E-state index contributed by atoms with van der Waals surface area (Å²) in [5.74, 6) is -0.268. The molecular weight excluding hydrogens is 250 g/mol. The highest BCUT2D eigenvalue weighted by atomic mass is 16.5. The van der Waals surface area contributed by atoms with Crippen LogP contribution in [0.5, 0.6) is 0 Å². The lowest BCUT2D eigenvalue weighted by atomic mass is 10.0. The second kappa shape index (κ2) is 12.2. The average Bonchev–Trinajstić information content (AvgIpc) is 2.44. The van der Waals surface area contributed by atoms with E-state index in [-0.39, 0.29) is 5.97 Å². The normalized spacial score (nSPS) is 14.0. The Kier molecular flexibility index (Phi) is 11.8. The van der Waals surface area contributed by atoms with Gasteiger partial charge in [-0.1, -0.05) is 71.6 Å². The van der Waals surface area contributed by atoms with Crippen molar-refractivity contribution in [1.29, 1.82) is 0 Å². The summed E-state index contributed by atoms with van der Waals surface area (Å²) in [5.41, 5.74) is 4.99. The van der Waals surface area contributed by atoms with E-state index in [1.165, 1.54) is 51.4 Å². The van der Waals surface area contributed by atoms with Crippen molar-refractivity contribution in [3.05, 3.63) is 0 Å².